The number of carbonyl (C=O) groups excluding carboxylic acids is 1. The first kappa shape index (κ1) is 19.7. The fourth-order valence-electron chi connectivity index (χ4n) is 5.01. The number of hydrogen-bond donors (Lipinski definition) is 1. The Bertz CT molecular complexity index is 1080. The van der Waals surface area contributed by atoms with Crippen molar-refractivity contribution in [2.24, 2.45) is 22.7 Å². The van der Waals surface area contributed by atoms with Crippen molar-refractivity contribution < 1.29 is 9.53 Å². The summed E-state index contributed by atoms with van der Waals surface area (Å²) in [4.78, 5) is 28.8. The minimum atomic E-state index is -0.0807. The Morgan fingerprint density at radius 3 is 2.87 bits per heavy atom. The Morgan fingerprint density at radius 1 is 1.23 bits per heavy atom. The molecule has 4 atom stereocenters. The molecule has 1 aromatic carbocycles. The first-order valence-electron chi connectivity index (χ1n) is 10.7. The van der Waals surface area contributed by atoms with Crippen LogP contribution >= 0.6 is 0 Å². The van der Waals surface area contributed by atoms with Crippen molar-refractivity contribution in [2.75, 3.05) is 26.5 Å². The fraction of sp³-hybridized carbons (Fsp3) is 0.417. The minimum absolute atomic E-state index is 0.0179. The van der Waals surface area contributed by atoms with E-state index in [1.807, 2.05) is 38.5 Å². The molecule has 1 fully saturated rings. The summed E-state index contributed by atoms with van der Waals surface area (Å²) in [7, 11) is 5.32. The van der Waals surface area contributed by atoms with E-state index >= 15 is 0 Å². The van der Waals surface area contributed by atoms with Gasteiger partial charge in [0.2, 0.25) is 5.91 Å². The van der Waals surface area contributed by atoms with Gasteiger partial charge in [0, 0.05) is 39.2 Å². The maximum absolute atomic E-state index is 12.9. The highest BCUT2D eigenvalue weighted by molar-refractivity contribution is 5.83. The summed E-state index contributed by atoms with van der Waals surface area (Å²) in [5, 5.41) is 3.62. The summed E-state index contributed by atoms with van der Waals surface area (Å²) in [6.45, 7) is 0. The van der Waals surface area contributed by atoms with Gasteiger partial charge in [0.25, 0.3) is 0 Å². The van der Waals surface area contributed by atoms with Crippen molar-refractivity contribution in [2.45, 2.75) is 25.3 Å². The second kappa shape index (κ2) is 7.80. The van der Waals surface area contributed by atoms with Crippen LogP contribution in [0.15, 0.2) is 41.4 Å². The third kappa shape index (κ3) is 3.58. The lowest BCUT2D eigenvalue weighted by atomic mass is 9.87. The van der Waals surface area contributed by atoms with Crippen LogP contribution in [0.4, 0.5) is 11.5 Å². The van der Waals surface area contributed by atoms with Crippen LogP contribution in [-0.4, -0.2) is 54.2 Å². The molecule has 4 unspecified atom stereocenters. The van der Waals surface area contributed by atoms with Gasteiger partial charge >= 0.3 is 0 Å². The van der Waals surface area contributed by atoms with E-state index < -0.39 is 0 Å². The lowest BCUT2D eigenvalue weighted by molar-refractivity contribution is -0.133. The molecule has 1 amide bonds. The number of amides is 1. The number of anilines is 1. The number of carbonyl (C=O) groups is 1. The first-order valence-corrected chi connectivity index (χ1v) is 10.7. The molecule has 0 radical (unpaired) electrons. The largest absolute Gasteiger partial charge is 0.497 e. The first-order chi connectivity index (χ1) is 15.0. The normalized spacial score (nSPS) is 25.0. The topological polar surface area (TPSA) is 79.7 Å². The molecular weight excluding hydrogens is 390 g/mol. The molecule has 2 heterocycles. The lowest BCUT2D eigenvalue weighted by Gasteiger charge is -2.30. The molecule has 1 saturated carbocycles. The standard InChI is InChI=1S/C24H27N5O2/c1-29(2)24(30)20-15-7-8-16(13-15)21(20)28-23-22-18(9-10-25-22)26-19(27-23)12-14-5-4-6-17(11-14)31-3/h4-8,10-11,15-16,20-21H,9,12-13H2,1-3H3,(H,26,27,28). The molecule has 2 aliphatic carbocycles. The van der Waals surface area contributed by atoms with E-state index in [1.165, 1.54) is 0 Å². The number of aliphatic imine (C=N–C) groups is 1. The van der Waals surface area contributed by atoms with Crippen LogP contribution in [0.5, 0.6) is 5.75 Å². The molecule has 160 valence electrons. The summed E-state index contributed by atoms with van der Waals surface area (Å²) < 4.78 is 5.35. The zero-order valence-corrected chi connectivity index (χ0v) is 18.1. The highest BCUT2D eigenvalue weighted by atomic mass is 16.5. The third-order valence-electron chi connectivity index (χ3n) is 6.49. The number of nitrogens with zero attached hydrogens (tertiary/aromatic N) is 4. The molecule has 1 aliphatic heterocycles. The van der Waals surface area contributed by atoms with Crippen molar-refractivity contribution in [1.29, 1.82) is 0 Å². The Balaban J connectivity index is 1.45. The van der Waals surface area contributed by atoms with Crippen LogP contribution in [0.1, 0.15) is 23.5 Å². The predicted octanol–water partition coefficient (Wildman–Crippen LogP) is 3.03. The molecule has 2 aromatic rings. The van der Waals surface area contributed by atoms with E-state index in [0.29, 0.717) is 18.8 Å². The van der Waals surface area contributed by atoms with Crippen molar-refractivity contribution in [3.63, 3.8) is 0 Å². The summed E-state index contributed by atoms with van der Waals surface area (Å²) in [6.07, 6.45) is 8.64. The number of hydrogen-bond acceptors (Lipinski definition) is 6. The number of nitrogens with one attached hydrogen (secondary N) is 1. The summed E-state index contributed by atoms with van der Waals surface area (Å²) in [6, 6.07) is 7.98. The molecule has 2 bridgehead atoms. The minimum Gasteiger partial charge on any atom is -0.497 e. The average Bonchev–Trinajstić information content (AvgIpc) is 3.49. The van der Waals surface area contributed by atoms with Crippen molar-refractivity contribution in [3.8, 4) is 5.75 Å². The molecule has 7 nitrogen and oxygen atoms in total. The molecular formula is C24H27N5O2. The van der Waals surface area contributed by atoms with Crippen LogP contribution in [0, 0.1) is 17.8 Å². The van der Waals surface area contributed by atoms with Crippen molar-refractivity contribution in [3.05, 3.63) is 53.5 Å². The highest BCUT2D eigenvalue weighted by Crippen LogP contribution is 2.46. The molecule has 1 aromatic heterocycles. The van der Waals surface area contributed by atoms with Gasteiger partial charge in [-0.05, 0) is 36.0 Å². The van der Waals surface area contributed by atoms with Gasteiger partial charge in [-0.2, -0.15) is 0 Å². The van der Waals surface area contributed by atoms with Gasteiger partial charge in [-0.1, -0.05) is 24.3 Å². The van der Waals surface area contributed by atoms with Crippen LogP contribution in [0.3, 0.4) is 0 Å². The maximum Gasteiger partial charge on any atom is 0.227 e. The molecule has 7 heteroatoms. The zero-order valence-electron chi connectivity index (χ0n) is 18.1. The Labute approximate surface area is 182 Å². The van der Waals surface area contributed by atoms with E-state index in [-0.39, 0.29) is 23.8 Å². The molecule has 31 heavy (non-hydrogen) atoms. The Hall–Kier alpha value is -3.22. The number of aromatic nitrogens is 2. The van der Waals surface area contributed by atoms with Crippen LogP contribution < -0.4 is 10.1 Å². The second-order valence-corrected chi connectivity index (χ2v) is 8.70. The molecule has 3 aliphatic rings. The monoisotopic (exact) mass is 417 g/mol. The Kier molecular flexibility index (Phi) is 4.96. The van der Waals surface area contributed by atoms with Crippen molar-refractivity contribution in [1.82, 2.24) is 14.9 Å². The molecule has 0 saturated heterocycles. The van der Waals surface area contributed by atoms with Gasteiger partial charge in [-0.3, -0.25) is 9.79 Å². The number of fused-ring (bicyclic) bond motifs is 3. The lowest BCUT2D eigenvalue weighted by Crippen LogP contribution is -2.43. The number of ether oxygens (including phenoxy) is 1. The molecule has 0 spiro atoms. The van der Waals surface area contributed by atoms with Gasteiger partial charge in [0.1, 0.15) is 17.3 Å². The second-order valence-electron chi connectivity index (χ2n) is 8.70. The summed E-state index contributed by atoms with van der Waals surface area (Å²) in [5.41, 5.74) is 2.83. The smallest absolute Gasteiger partial charge is 0.227 e. The third-order valence-corrected chi connectivity index (χ3v) is 6.49. The van der Waals surface area contributed by atoms with Gasteiger partial charge in [-0.25, -0.2) is 9.97 Å². The quantitative estimate of drug-likeness (QED) is 0.731. The SMILES string of the molecule is COc1cccc(Cc2nc3c(c(NC4C5C=CC(C5)C4C(=O)N(C)C)n2)N=CC3)c1. The average molecular weight is 418 g/mol. The van der Waals surface area contributed by atoms with E-state index in [0.717, 1.165) is 40.8 Å². The van der Waals surface area contributed by atoms with Gasteiger partial charge < -0.3 is 15.0 Å². The van der Waals surface area contributed by atoms with E-state index in [2.05, 4.69) is 28.5 Å². The molecule has 5 rings (SSSR count). The van der Waals surface area contributed by atoms with Crippen molar-refractivity contribution >= 4 is 23.6 Å². The van der Waals surface area contributed by atoms with Gasteiger partial charge in [0.15, 0.2) is 5.82 Å². The van der Waals surface area contributed by atoms with Gasteiger partial charge in [0.05, 0.1) is 18.7 Å². The number of allylic oxidation sites excluding steroid dienone is 1. The summed E-state index contributed by atoms with van der Waals surface area (Å²) in [5.74, 6) is 3.00. The maximum atomic E-state index is 12.9. The highest BCUT2D eigenvalue weighted by Gasteiger charge is 2.49. The Morgan fingerprint density at radius 2 is 2.06 bits per heavy atom. The molecule has 1 N–H and O–H groups in total. The van der Waals surface area contributed by atoms with Crippen LogP contribution in [0.25, 0.3) is 0 Å². The van der Waals surface area contributed by atoms with E-state index in [4.69, 9.17) is 14.7 Å². The van der Waals surface area contributed by atoms with Crippen LogP contribution in [-0.2, 0) is 17.6 Å². The van der Waals surface area contributed by atoms with Gasteiger partial charge in [-0.15, -0.1) is 0 Å². The zero-order chi connectivity index (χ0) is 21.5. The van der Waals surface area contributed by atoms with Crippen LogP contribution in [0.2, 0.25) is 0 Å². The van der Waals surface area contributed by atoms with E-state index in [9.17, 15) is 4.79 Å². The number of methoxy groups -OCH3 is 1. The number of benzene rings is 1. The predicted molar refractivity (Wildman–Crippen MR) is 120 cm³/mol. The summed E-state index contributed by atoms with van der Waals surface area (Å²) >= 11 is 0. The number of rotatable bonds is 6. The van der Waals surface area contributed by atoms with E-state index in [1.54, 1.807) is 12.0 Å². The fourth-order valence-corrected chi connectivity index (χ4v) is 5.01.